The van der Waals surface area contributed by atoms with Gasteiger partial charge in [0.1, 0.15) is 0 Å². The maximum absolute atomic E-state index is 8.98. The average Bonchev–Trinajstić information content (AvgIpc) is 2.24. The molecule has 2 fully saturated rings. The maximum Gasteiger partial charge on any atom is 0.0866 e. The molecule has 0 aromatic carbocycles. The maximum atomic E-state index is 8.98. The third-order valence-electron chi connectivity index (χ3n) is 4.73. The zero-order valence-corrected chi connectivity index (χ0v) is 13.5. The summed E-state index contributed by atoms with van der Waals surface area (Å²) < 4.78 is 0. The van der Waals surface area contributed by atoms with E-state index in [1.54, 1.807) is 0 Å². The van der Waals surface area contributed by atoms with Crippen LogP contribution in [0.15, 0.2) is 0 Å². The van der Waals surface area contributed by atoms with E-state index in [0.717, 1.165) is 24.9 Å². The van der Waals surface area contributed by atoms with Gasteiger partial charge in [-0.1, -0.05) is 27.2 Å². The van der Waals surface area contributed by atoms with Crippen LogP contribution in [0.1, 0.15) is 52.9 Å². The van der Waals surface area contributed by atoms with Crippen LogP contribution in [0.25, 0.3) is 0 Å². The standard InChI is InChI=1S/C17H31N3/c1-17(2,3)10-15-9-16(13-20(12-15)8-7-18)19-11-14-5-4-6-14/h14-16,19H,4-6,8-13H2,1-3H3. The first-order valence-corrected chi connectivity index (χ1v) is 8.29. The van der Waals surface area contributed by atoms with Gasteiger partial charge in [0.15, 0.2) is 0 Å². The number of piperidine rings is 1. The van der Waals surface area contributed by atoms with Gasteiger partial charge in [0.25, 0.3) is 0 Å². The molecule has 1 N–H and O–H groups in total. The van der Waals surface area contributed by atoms with Crippen LogP contribution in [0.4, 0.5) is 0 Å². The lowest BCUT2D eigenvalue weighted by molar-refractivity contribution is 0.120. The molecule has 0 amide bonds. The Labute approximate surface area is 124 Å². The van der Waals surface area contributed by atoms with Crippen molar-refractivity contribution in [1.82, 2.24) is 10.2 Å². The van der Waals surface area contributed by atoms with Crippen LogP contribution in [0, 0.1) is 28.6 Å². The van der Waals surface area contributed by atoms with E-state index in [-0.39, 0.29) is 0 Å². The van der Waals surface area contributed by atoms with Crippen LogP contribution in [0.5, 0.6) is 0 Å². The van der Waals surface area contributed by atoms with E-state index < -0.39 is 0 Å². The van der Waals surface area contributed by atoms with Gasteiger partial charge in [0.05, 0.1) is 12.6 Å². The number of nitrogens with zero attached hydrogens (tertiary/aromatic N) is 2. The van der Waals surface area contributed by atoms with Gasteiger partial charge in [-0.15, -0.1) is 0 Å². The summed E-state index contributed by atoms with van der Waals surface area (Å²) in [5, 5.41) is 12.8. The van der Waals surface area contributed by atoms with Crippen molar-refractivity contribution in [2.45, 2.75) is 58.9 Å². The highest BCUT2D eigenvalue weighted by Crippen LogP contribution is 2.31. The van der Waals surface area contributed by atoms with Gasteiger partial charge >= 0.3 is 0 Å². The second kappa shape index (κ2) is 6.91. The Morgan fingerprint density at radius 2 is 1.95 bits per heavy atom. The molecule has 2 rings (SSSR count). The smallest absolute Gasteiger partial charge is 0.0866 e. The molecule has 2 atom stereocenters. The molecule has 0 bridgehead atoms. The minimum absolute atomic E-state index is 0.388. The minimum atomic E-state index is 0.388. The summed E-state index contributed by atoms with van der Waals surface area (Å²) in [6.07, 6.45) is 6.78. The molecule has 1 aliphatic carbocycles. The molecule has 2 unspecified atom stereocenters. The van der Waals surface area contributed by atoms with Gasteiger partial charge in [-0.3, -0.25) is 4.90 Å². The molecule has 114 valence electrons. The van der Waals surface area contributed by atoms with Crippen LogP contribution in [0.3, 0.4) is 0 Å². The molecular formula is C17H31N3. The Morgan fingerprint density at radius 1 is 1.20 bits per heavy atom. The van der Waals surface area contributed by atoms with Gasteiger partial charge in [-0.2, -0.15) is 5.26 Å². The van der Waals surface area contributed by atoms with Crippen molar-refractivity contribution in [3.05, 3.63) is 0 Å². The van der Waals surface area contributed by atoms with Crippen molar-refractivity contribution in [2.24, 2.45) is 17.3 Å². The number of nitrogens with one attached hydrogen (secondary N) is 1. The van der Waals surface area contributed by atoms with Gasteiger partial charge < -0.3 is 5.32 Å². The Balaban J connectivity index is 1.84. The van der Waals surface area contributed by atoms with E-state index in [2.05, 4.69) is 37.1 Å². The van der Waals surface area contributed by atoms with Gasteiger partial charge in [-0.05, 0) is 49.5 Å². The lowest BCUT2D eigenvalue weighted by Gasteiger charge is -2.40. The Morgan fingerprint density at radius 3 is 2.50 bits per heavy atom. The zero-order chi connectivity index (χ0) is 14.6. The molecule has 0 spiro atoms. The second-order valence-electron chi connectivity index (χ2n) is 8.12. The lowest BCUT2D eigenvalue weighted by Crippen LogP contribution is -2.51. The van der Waals surface area contributed by atoms with E-state index in [1.165, 1.54) is 38.6 Å². The number of hydrogen-bond acceptors (Lipinski definition) is 3. The summed E-state index contributed by atoms with van der Waals surface area (Å²) in [5.41, 5.74) is 0.388. The Hall–Kier alpha value is -0.590. The average molecular weight is 277 g/mol. The predicted octanol–water partition coefficient (Wildman–Crippen LogP) is 3.03. The highest BCUT2D eigenvalue weighted by atomic mass is 15.2. The molecule has 0 aromatic heterocycles. The second-order valence-corrected chi connectivity index (χ2v) is 8.12. The topological polar surface area (TPSA) is 39.1 Å². The predicted molar refractivity (Wildman–Crippen MR) is 83.4 cm³/mol. The molecule has 0 aromatic rings. The molecule has 20 heavy (non-hydrogen) atoms. The highest BCUT2D eigenvalue weighted by Gasteiger charge is 2.30. The molecule has 1 aliphatic heterocycles. The van der Waals surface area contributed by atoms with Crippen molar-refractivity contribution >= 4 is 0 Å². The zero-order valence-electron chi connectivity index (χ0n) is 13.5. The quantitative estimate of drug-likeness (QED) is 0.785. The van der Waals surface area contributed by atoms with Crippen molar-refractivity contribution in [1.29, 1.82) is 5.26 Å². The van der Waals surface area contributed by atoms with Gasteiger partial charge in [0, 0.05) is 19.1 Å². The molecule has 1 heterocycles. The molecule has 3 nitrogen and oxygen atoms in total. The van der Waals surface area contributed by atoms with Crippen molar-refractivity contribution in [3.8, 4) is 6.07 Å². The van der Waals surface area contributed by atoms with E-state index in [1.807, 2.05) is 0 Å². The number of hydrogen-bond donors (Lipinski definition) is 1. The summed E-state index contributed by atoms with van der Waals surface area (Å²) >= 11 is 0. The van der Waals surface area contributed by atoms with E-state index in [9.17, 15) is 0 Å². The summed E-state index contributed by atoms with van der Waals surface area (Å²) in [6, 6.07) is 2.91. The van der Waals surface area contributed by atoms with Crippen LogP contribution in [-0.4, -0.2) is 37.1 Å². The fourth-order valence-electron chi connectivity index (χ4n) is 3.72. The number of rotatable bonds is 5. The molecule has 3 heteroatoms. The first-order chi connectivity index (χ1) is 9.46. The molecule has 2 aliphatic rings. The van der Waals surface area contributed by atoms with E-state index in [4.69, 9.17) is 5.26 Å². The van der Waals surface area contributed by atoms with Crippen LogP contribution < -0.4 is 5.32 Å². The first kappa shape index (κ1) is 15.8. The highest BCUT2D eigenvalue weighted by molar-refractivity contribution is 4.89. The summed E-state index contributed by atoms with van der Waals surface area (Å²) in [6.45, 7) is 10.9. The third kappa shape index (κ3) is 5.07. The number of likely N-dealkylation sites (tertiary alicyclic amines) is 1. The minimum Gasteiger partial charge on any atom is -0.312 e. The fourth-order valence-corrected chi connectivity index (χ4v) is 3.72. The van der Waals surface area contributed by atoms with Crippen LogP contribution in [0.2, 0.25) is 0 Å². The Kier molecular flexibility index (Phi) is 5.46. The molecule has 0 radical (unpaired) electrons. The molecular weight excluding hydrogens is 246 g/mol. The van der Waals surface area contributed by atoms with Crippen molar-refractivity contribution < 1.29 is 0 Å². The largest absolute Gasteiger partial charge is 0.312 e. The monoisotopic (exact) mass is 277 g/mol. The Bertz CT molecular complexity index is 335. The van der Waals surface area contributed by atoms with E-state index in [0.29, 0.717) is 18.0 Å². The van der Waals surface area contributed by atoms with Crippen molar-refractivity contribution in [3.63, 3.8) is 0 Å². The number of nitriles is 1. The molecule has 1 saturated carbocycles. The fraction of sp³-hybridized carbons (Fsp3) is 0.941. The van der Waals surface area contributed by atoms with Crippen molar-refractivity contribution in [2.75, 3.05) is 26.2 Å². The van der Waals surface area contributed by atoms with E-state index >= 15 is 0 Å². The first-order valence-electron chi connectivity index (χ1n) is 8.29. The van der Waals surface area contributed by atoms with Crippen LogP contribution >= 0.6 is 0 Å². The van der Waals surface area contributed by atoms with Gasteiger partial charge in [0.2, 0.25) is 0 Å². The van der Waals surface area contributed by atoms with Gasteiger partial charge in [-0.25, -0.2) is 0 Å². The summed E-state index contributed by atoms with van der Waals surface area (Å²) in [5.74, 6) is 1.65. The summed E-state index contributed by atoms with van der Waals surface area (Å²) in [7, 11) is 0. The SMILES string of the molecule is CC(C)(C)CC1CC(NCC2CCC2)CN(CC#N)C1. The molecule has 1 saturated heterocycles. The lowest BCUT2D eigenvalue weighted by atomic mass is 9.79. The normalized spacial score (nSPS) is 28.9. The summed E-state index contributed by atoms with van der Waals surface area (Å²) in [4.78, 5) is 2.35. The van der Waals surface area contributed by atoms with Crippen LogP contribution in [-0.2, 0) is 0 Å². The third-order valence-corrected chi connectivity index (χ3v) is 4.73.